The molecule has 0 atom stereocenters. The fourth-order valence-corrected chi connectivity index (χ4v) is 1.93. The molecule has 1 aromatic rings. The minimum atomic E-state index is -0.887. The van der Waals surface area contributed by atoms with Crippen LogP contribution in [0.2, 0.25) is 0 Å². The van der Waals surface area contributed by atoms with Gasteiger partial charge in [-0.25, -0.2) is 4.79 Å². The van der Waals surface area contributed by atoms with E-state index in [0.717, 1.165) is 4.88 Å². The van der Waals surface area contributed by atoms with Crippen LogP contribution in [0.25, 0.3) is 0 Å². The Morgan fingerprint density at radius 3 is 2.88 bits per heavy atom. The lowest BCUT2D eigenvalue weighted by Gasteiger charge is -2.03. The SMILES string of the molecule is O=C(O)c1ccc(CNCCOCCO)s1. The fourth-order valence-electron chi connectivity index (χ4n) is 1.11. The molecule has 0 spiro atoms. The number of hydrogen-bond acceptors (Lipinski definition) is 5. The first-order valence-electron chi connectivity index (χ1n) is 4.95. The monoisotopic (exact) mass is 245 g/mol. The number of carboxylic acid groups (broad SMARTS) is 1. The van der Waals surface area contributed by atoms with E-state index in [1.165, 1.54) is 11.3 Å². The Bertz CT molecular complexity index is 326. The second-order valence-electron chi connectivity index (χ2n) is 3.08. The zero-order valence-corrected chi connectivity index (χ0v) is 9.63. The number of hydrogen-bond donors (Lipinski definition) is 3. The van der Waals surface area contributed by atoms with Gasteiger partial charge in [-0.05, 0) is 12.1 Å². The number of rotatable bonds is 8. The van der Waals surface area contributed by atoms with Crippen molar-refractivity contribution >= 4 is 17.3 Å². The third-order valence-electron chi connectivity index (χ3n) is 1.83. The quantitative estimate of drug-likeness (QED) is 0.583. The van der Waals surface area contributed by atoms with Gasteiger partial charge in [-0.3, -0.25) is 0 Å². The molecule has 1 aromatic heterocycles. The van der Waals surface area contributed by atoms with Crippen molar-refractivity contribution in [1.29, 1.82) is 0 Å². The summed E-state index contributed by atoms with van der Waals surface area (Å²) in [6.07, 6.45) is 0. The molecule has 0 aromatic carbocycles. The van der Waals surface area contributed by atoms with E-state index in [1.54, 1.807) is 12.1 Å². The normalized spacial score (nSPS) is 10.6. The van der Waals surface area contributed by atoms with Crippen LogP contribution in [0, 0.1) is 0 Å². The Hall–Kier alpha value is -0.950. The summed E-state index contributed by atoms with van der Waals surface area (Å²) in [6.45, 7) is 2.25. The highest BCUT2D eigenvalue weighted by Crippen LogP contribution is 2.15. The highest BCUT2D eigenvalue weighted by molar-refractivity contribution is 7.13. The number of nitrogens with one attached hydrogen (secondary N) is 1. The molecule has 16 heavy (non-hydrogen) atoms. The lowest BCUT2D eigenvalue weighted by atomic mass is 10.4. The van der Waals surface area contributed by atoms with Crippen molar-refractivity contribution in [3.05, 3.63) is 21.9 Å². The zero-order valence-electron chi connectivity index (χ0n) is 8.81. The molecule has 0 fully saturated rings. The van der Waals surface area contributed by atoms with Crippen molar-refractivity contribution in [2.24, 2.45) is 0 Å². The number of aliphatic hydroxyl groups excluding tert-OH is 1. The smallest absolute Gasteiger partial charge is 0.345 e. The molecule has 0 saturated heterocycles. The number of aliphatic hydroxyl groups is 1. The van der Waals surface area contributed by atoms with Crippen molar-refractivity contribution in [2.45, 2.75) is 6.54 Å². The summed E-state index contributed by atoms with van der Waals surface area (Å²) in [5.74, 6) is -0.887. The summed E-state index contributed by atoms with van der Waals surface area (Å²) >= 11 is 1.27. The molecule has 0 aliphatic carbocycles. The van der Waals surface area contributed by atoms with E-state index in [0.29, 0.717) is 31.2 Å². The molecule has 0 aliphatic heterocycles. The lowest BCUT2D eigenvalue weighted by molar-refractivity contribution is 0.0702. The van der Waals surface area contributed by atoms with Gasteiger partial charge in [0.1, 0.15) is 4.88 Å². The molecule has 0 saturated carbocycles. The molecule has 1 heterocycles. The number of carbonyl (C=O) groups is 1. The van der Waals surface area contributed by atoms with Crippen molar-refractivity contribution in [2.75, 3.05) is 26.4 Å². The maximum atomic E-state index is 10.6. The molecule has 3 N–H and O–H groups in total. The van der Waals surface area contributed by atoms with Crippen LogP contribution in [0.1, 0.15) is 14.5 Å². The Kier molecular flexibility index (Phi) is 6.02. The minimum Gasteiger partial charge on any atom is -0.477 e. The van der Waals surface area contributed by atoms with Gasteiger partial charge in [-0.1, -0.05) is 0 Å². The molecule has 6 heteroatoms. The zero-order chi connectivity index (χ0) is 11.8. The van der Waals surface area contributed by atoms with Gasteiger partial charge >= 0.3 is 5.97 Å². The van der Waals surface area contributed by atoms with Crippen LogP contribution < -0.4 is 5.32 Å². The van der Waals surface area contributed by atoms with Gasteiger partial charge in [0.25, 0.3) is 0 Å². The molecule has 1 rings (SSSR count). The van der Waals surface area contributed by atoms with Gasteiger partial charge in [0.2, 0.25) is 0 Å². The summed E-state index contributed by atoms with van der Waals surface area (Å²) in [5, 5.41) is 20.3. The molecule has 5 nitrogen and oxygen atoms in total. The number of aromatic carboxylic acids is 1. The average Bonchev–Trinajstić information content (AvgIpc) is 2.72. The van der Waals surface area contributed by atoms with Gasteiger partial charge in [-0.15, -0.1) is 11.3 Å². The molecule has 0 bridgehead atoms. The number of thiophene rings is 1. The maximum Gasteiger partial charge on any atom is 0.345 e. The summed E-state index contributed by atoms with van der Waals surface area (Å²) < 4.78 is 5.06. The molecule has 90 valence electrons. The number of ether oxygens (including phenoxy) is 1. The van der Waals surface area contributed by atoms with Crippen molar-refractivity contribution < 1.29 is 19.7 Å². The van der Waals surface area contributed by atoms with E-state index in [2.05, 4.69) is 5.32 Å². The van der Waals surface area contributed by atoms with Crippen molar-refractivity contribution in [1.82, 2.24) is 5.32 Å². The Morgan fingerprint density at radius 1 is 1.44 bits per heavy atom. The second kappa shape index (κ2) is 7.34. The van der Waals surface area contributed by atoms with Gasteiger partial charge in [0, 0.05) is 18.0 Å². The van der Waals surface area contributed by atoms with Crippen LogP contribution in [-0.2, 0) is 11.3 Å². The van der Waals surface area contributed by atoms with Gasteiger partial charge < -0.3 is 20.3 Å². The molecule has 0 aliphatic rings. The summed E-state index contributed by atoms with van der Waals surface area (Å²) in [4.78, 5) is 11.9. The van der Waals surface area contributed by atoms with Gasteiger partial charge in [-0.2, -0.15) is 0 Å². The van der Waals surface area contributed by atoms with Crippen LogP contribution in [0.5, 0.6) is 0 Å². The topological polar surface area (TPSA) is 78.8 Å². The highest BCUT2D eigenvalue weighted by Gasteiger charge is 2.05. The van der Waals surface area contributed by atoms with Crippen LogP contribution in [0.3, 0.4) is 0 Å². The maximum absolute atomic E-state index is 10.6. The third-order valence-corrected chi connectivity index (χ3v) is 2.90. The van der Waals surface area contributed by atoms with E-state index in [9.17, 15) is 4.79 Å². The Labute approximate surface area is 97.7 Å². The highest BCUT2D eigenvalue weighted by atomic mass is 32.1. The number of carboxylic acids is 1. The van der Waals surface area contributed by atoms with Crippen LogP contribution in [0.4, 0.5) is 0 Å². The van der Waals surface area contributed by atoms with E-state index < -0.39 is 5.97 Å². The van der Waals surface area contributed by atoms with E-state index in [1.807, 2.05) is 0 Å². The minimum absolute atomic E-state index is 0.0346. The molecule has 0 radical (unpaired) electrons. The standard InChI is InChI=1S/C10H15NO4S/c12-4-6-15-5-3-11-7-8-1-2-9(16-8)10(13)14/h1-2,11-12H,3-7H2,(H,13,14). The molecular weight excluding hydrogens is 230 g/mol. The fraction of sp³-hybridized carbons (Fsp3) is 0.500. The molecular formula is C10H15NO4S. The first-order valence-corrected chi connectivity index (χ1v) is 5.77. The summed E-state index contributed by atoms with van der Waals surface area (Å²) in [7, 11) is 0. The van der Waals surface area contributed by atoms with E-state index in [-0.39, 0.29) is 6.61 Å². The largest absolute Gasteiger partial charge is 0.477 e. The first-order chi connectivity index (χ1) is 7.74. The second-order valence-corrected chi connectivity index (χ2v) is 4.25. The summed E-state index contributed by atoms with van der Waals surface area (Å²) in [5.41, 5.74) is 0. The van der Waals surface area contributed by atoms with Crippen molar-refractivity contribution in [3.8, 4) is 0 Å². The van der Waals surface area contributed by atoms with Gasteiger partial charge in [0.15, 0.2) is 0 Å². The van der Waals surface area contributed by atoms with Crippen LogP contribution >= 0.6 is 11.3 Å². The first kappa shape index (κ1) is 13.1. The van der Waals surface area contributed by atoms with Gasteiger partial charge in [0.05, 0.1) is 19.8 Å². The summed E-state index contributed by atoms with van der Waals surface area (Å²) in [6, 6.07) is 3.40. The Balaban J connectivity index is 2.14. The predicted octanol–water partition coefficient (Wildman–Crippen LogP) is 0.545. The van der Waals surface area contributed by atoms with E-state index >= 15 is 0 Å². The van der Waals surface area contributed by atoms with E-state index in [4.69, 9.17) is 14.9 Å². The Morgan fingerprint density at radius 2 is 2.25 bits per heavy atom. The molecule has 0 amide bonds. The molecule has 0 unspecified atom stereocenters. The predicted molar refractivity (Wildman–Crippen MR) is 60.9 cm³/mol. The van der Waals surface area contributed by atoms with Crippen LogP contribution in [-0.4, -0.2) is 42.5 Å². The van der Waals surface area contributed by atoms with Crippen molar-refractivity contribution in [3.63, 3.8) is 0 Å². The average molecular weight is 245 g/mol. The van der Waals surface area contributed by atoms with Crippen LogP contribution in [0.15, 0.2) is 12.1 Å². The lowest BCUT2D eigenvalue weighted by Crippen LogP contribution is -2.19. The third kappa shape index (κ3) is 4.71.